The van der Waals surface area contributed by atoms with Crippen molar-refractivity contribution in [2.24, 2.45) is 5.41 Å². The third kappa shape index (κ3) is 3.05. The first-order valence-electron chi connectivity index (χ1n) is 6.04. The average molecular weight is 210 g/mol. The fourth-order valence-corrected chi connectivity index (χ4v) is 2.88. The van der Waals surface area contributed by atoms with Gasteiger partial charge in [-0.2, -0.15) is 0 Å². The fraction of sp³-hybridized carbons (Fsp3) is 0.846. The molecule has 0 spiro atoms. The van der Waals surface area contributed by atoms with E-state index in [9.17, 15) is 5.11 Å². The summed E-state index contributed by atoms with van der Waals surface area (Å²) >= 11 is 0. The van der Waals surface area contributed by atoms with Crippen LogP contribution in [0.5, 0.6) is 0 Å². The second-order valence-corrected chi connectivity index (χ2v) is 5.78. The molecule has 15 heavy (non-hydrogen) atoms. The van der Waals surface area contributed by atoms with E-state index in [1.54, 1.807) is 0 Å². The lowest BCUT2D eigenvalue weighted by Crippen LogP contribution is -2.26. The summed E-state index contributed by atoms with van der Waals surface area (Å²) < 4.78 is 5.64. The molecule has 2 nitrogen and oxygen atoms in total. The number of aliphatic hydroxyl groups is 1. The second kappa shape index (κ2) is 4.26. The molecule has 1 fully saturated rings. The van der Waals surface area contributed by atoms with Crippen LogP contribution >= 0.6 is 0 Å². The number of hydrogen-bond donors (Lipinski definition) is 1. The maximum Gasteiger partial charge on any atom is 0.0728 e. The summed E-state index contributed by atoms with van der Waals surface area (Å²) in [7, 11) is 0. The van der Waals surface area contributed by atoms with Crippen LogP contribution in [0.3, 0.4) is 0 Å². The van der Waals surface area contributed by atoms with Crippen molar-refractivity contribution in [1.29, 1.82) is 0 Å². The molecule has 1 heterocycles. The molecule has 1 saturated heterocycles. The van der Waals surface area contributed by atoms with Gasteiger partial charge in [0.2, 0.25) is 0 Å². The van der Waals surface area contributed by atoms with Crippen LogP contribution in [-0.4, -0.2) is 23.9 Å². The molecule has 2 heteroatoms. The highest BCUT2D eigenvalue weighted by Gasteiger charge is 2.29. The van der Waals surface area contributed by atoms with E-state index in [-0.39, 0.29) is 11.5 Å². The lowest BCUT2D eigenvalue weighted by molar-refractivity contribution is 0.101. The molecule has 0 bridgehead atoms. The molecule has 2 atom stereocenters. The molecule has 1 aliphatic carbocycles. The molecule has 2 unspecified atom stereocenters. The highest BCUT2D eigenvalue weighted by atomic mass is 16.5. The largest absolute Gasteiger partial charge is 0.389 e. The van der Waals surface area contributed by atoms with Crippen LogP contribution in [0.25, 0.3) is 0 Å². The third-order valence-electron chi connectivity index (χ3n) is 3.41. The van der Waals surface area contributed by atoms with Crippen molar-refractivity contribution in [2.75, 3.05) is 6.61 Å². The van der Waals surface area contributed by atoms with Gasteiger partial charge < -0.3 is 9.84 Å². The Morgan fingerprint density at radius 3 is 2.93 bits per heavy atom. The van der Waals surface area contributed by atoms with E-state index in [1.165, 1.54) is 18.4 Å². The van der Waals surface area contributed by atoms with Gasteiger partial charge >= 0.3 is 0 Å². The van der Waals surface area contributed by atoms with E-state index in [1.807, 2.05) is 6.08 Å². The second-order valence-electron chi connectivity index (χ2n) is 5.78. The van der Waals surface area contributed by atoms with E-state index in [0.29, 0.717) is 6.10 Å². The molecule has 1 aliphatic heterocycles. The minimum atomic E-state index is -0.245. The third-order valence-corrected chi connectivity index (χ3v) is 3.41. The van der Waals surface area contributed by atoms with E-state index >= 15 is 0 Å². The first-order valence-corrected chi connectivity index (χ1v) is 6.04. The lowest BCUT2D eigenvalue weighted by atomic mass is 9.75. The Labute approximate surface area is 92.3 Å². The molecule has 0 saturated carbocycles. The number of aliphatic hydroxyl groups excluding tert-OH is 1. The van der Waals surface area contributed by atoms with Gasteiger partial charge in [-0.3, -0.25) is 0 Å². The fourth-order valence-electron chi connectivity index (χ4n) is 2.88. The Bertz CT molecular complexity index is 249. The Morgan fingerprint density at radius 1 is 1.53 bits per heavy atom. The van der Waals surface area contributed by atoms with Crippen molar-refractivity contribution in [3.63, 3.8) is 0 Å². The van der Waals surface area contributed by atoms with Crippen LogP contribution in [0, 0.1) is 5.41 Å². The first-order chi connectivity index (χ1) is 7.05. The summed E-state index contributed by atoms with van der Waals surface area (Å²) in [6.45, 7) is 5.39. The van der Waals surface area contributed by atoms with E-state index in [4.69, 9.17) is 4.74 Å². The SMILES string of the molecule is CC1(C)CC(CC2CCCO2)=CC(O)C1. The molecule has 0 radical (unpaired) electrons. The minimum absolute atomic E-state index is 0.245. The topological polar surface area (TPSA) is 29.5 Å². The van der Waals surface area contributed by atoms with Gasteiger partial charge in [-0.1, -0.05) is 25.5 Å². The monoisotopic (exact) mass is 210 g/mol. The maximum atomic E-state index is 9.77. The van der Waals surface area contributed by atoms with E-state index in [0.717, 1.165) is 25.9 Å². The zero-order valence-corrected chi connectivity index (χ0v) is 9.83. The summed E-state index contributed by atoms with van der Waals surface area (Å²) in [5, 5.41) is 9.77. The molecule has 0 aromatic heterocycles. The minimum Gasteiger partial charge on any atom is -0.389 e. The summed E-state index contributed by atoms with van der Waals surface area (Å²) in [5.74, 6) is 0. The summed E-state index contributed by atoms with van der Waals surface area (Å²) in [5.41, 5.74) is 1.65. The van der Waals surface area contributed by atoms with Crippen molar-refractivity contribution < 1.29 is 9.84 Å². The van der Waals surface area contributed by atoms with Crippen molar-refractivity contribution in [3.8, 4) is 0 Å². The number of rotatable bonds is 2. The van der Waals surface area contributed by atoms with Gasteiger partial charge in [-0.05, 0) is 37.5 Å². The Morgan fingerprint density at radius 2 is 2.33 bits per heavy atom. The lowest BCUT2D eigenvalue weighted by Gasteiger charge is -2.33. The van der Waals surface area contributed by atoms with Crippen LogP contribution in [0.2, 0.25) is 0 Å². The maximum absolute atomic E-state index is 9.77. The normalized spacial score (nSPS) is 35.3. The smallest absolute Gasteiger partial charge is 0.0728 e. The van der Waals surface area contributed by atoms with Gasteiger partial charge in [-0.25, -0.2) is 0 Å². The van der Waals surface area contributed by atoms with Crippen LogP contribution in [0.15, 0.2) is 11.6 Å². The highest BCUT2D eigenvalue weighted by molar-refractivity contribution is 5.14. The molecular weight excluding hydrogens is 188 g/mol. The highest BCUT2D eigenvalue weighted by Crippen LogP contribution is 2.37. The number of ether oxygens (including phenoxy) is 1. The van der Waals surface area contributed by atoms with Crippen molar-refractivity contribution in [3.05, 3.63) is 11.6 Å². The van der Waals surface area contributed by atoms with Gasteiger partial charge in [0.25, 0.3) is 0 Å². The van der Waals surface area contributed by atoms with Gasteiger partial charge in [0.15, 0.2) is 0 Å². The molecule has 0 aromatic rings. The zero-order chi connectivity index (χ0) is 10.9. The molecule has 2 aliphatic rings. The summed E-state index contributed by atoms with van der Waals surface area (Å²) in [4.78, 5) is 0. The molecule has 0 aromatic carbocycles. The van der Waals surface area contributed by atoms with E-state index in [2.05, 4.69) is 13.8 Å². The van der Waals surface area contributed by atoms with Crippen molar-refractivity contribution >= 4 is 0 Å². The molecule has 1 N–H and O–H groups in total. The first kappa shape index (κ1) is 11.2. The molecule has 86 valence electrons. The van der Waals surface area contributed by atoms with Gasteiger partial charge in [0.05, 0.1) is 12.2 Å². The van der Waals surface area contributed by atoms with Gasteiger partial charge in [-0.15, -0.1) is 0 Å². The zero-order valence-electron chi connectivity index (χ0n) is 9.83. The molecular formula is C13H22O2. The average Bonchev–Trinajstić information content (AvgIpc) is 2.52. The Hall–Kier alpha value is -0.340. The molecule has 2 rings (SSSR count). The van der Waals surface area contributed by atoms with E-state index < -0.39 is 0 Å². The van der Waals surface area contributed by atoms with Crippen molar-refractivity contribution in [2.45, 2.75) is 58.2 Å². The molecule has 0 amide bonds. The Kier molecular flexibility index (Phi) is 3.17. The number of hydrogen-bond acceptors (Lipinski definition) is 2. The van der Waals surface area contributed by atoms with Gasteiger partial charge in [0, 0.05) is 6.61 Å². The predicted octanol–water partition coefficient (Wildman–Crippen LogP) is 2.66. The quantitative estimate of drug-likeness (QED) is 0.710. The standard InChI is InChI=1S/C13H22O2/c1-13(2)8-10(6-11(14)9-13)7-12-4-3-5-15-12/h6,11-12,14H,3-5,7-9H2,1-2H3. The van der Waals surface area contributed by atoms with Gasteiger partial charge in [0.1, 0.15) is 0 Å². The van der Waals surface area contributed by atoms with Crippen LogP contribution in [0.1, 0.15) is 46.0 Å². The predicted molar refractivity (Wildman–Crippen MR) is 60.7 cm³/mol. The van der Waals surface area contributed by atoms with Crippen LogP contribution in [-0.2, 0) is 4.74 Å². The van der Waals surface area contributed by atoms with Crippen LogP contribution < -0.4 is 0 Å². The van der Waals surface area contributed by atoms with Crippen molar-refractivity contribution in [1.82, 2.24) is 0 Å². The summed E-state index contributed by atoms with van der Waals surface area (Å²) in [6.07, 6.45) is 7.64. The summed E-state index contributed by atoms with van der Waals surface area (Å²) in [6, 6.07) is 0. The Balaban J connectivity index is 1.95. The van der Waals surface area contributed by atoms with Crippen LogP contribution in [0.4, 0.5) is 0 Å².